The smallest absolute Gasteiger partial charge is 0.337 e. The molecule has 1 aromatic heterocycles. The first-order chi connectivity index (χ1) is 12.2. The molecule has 0 bridgehead atoms. The number of hydrogen-bond donors (Lipinski definition) is 1. The zero-order valence-electron chi connectivity index (χ0n) is 13.7. The summed E-state index contributed by atoms with van der Waals surface area (Å²) in [6.45, 7) is 0.736. The standard InChI is InChI=1S/C19H17NO4S/c1-23-19(22)13-6-8-15(9-7-13)24-11-10-20-18(21)17-12-14-4-2-3-5-16(14)25-17/h2-9,12H,10-11H2,1H3,(H,20,21). The van der Waals surface area contributed by atoms with E-state index < -0.39 is 0 Å². The van der Waals surface area contributed by atoms with Crippen molar-refractivity contribution >= 4 is 33.3 Å². The molecule has 0 aliphatic heterocycles. The SMILES string of the molecule is COC(=O)c1ccc(OCCNC(=O)c2cc3ccccc3s2)cc1. The zero-order valence-corrected chi connectivity index (χ0v) is 14.5. The number of thiophene rings is 1. The molecule has 0 atom stereocenters. The number of amides is 1. The number of hydrogen-bond acceptors (Lipinski definition) is 5. The van der Waals surface area contributed by atoms with Gasteiger partial charge in [-0.2, -0.15) is 0 Å². The number of benzene rings is 2. The monoisotopic (exact) mass is 355 g/mol. The summed E-state index contributed by atoms with van der Waals surface area (Å²) in [7, 11) is 1.34. The van der Waals surface area contributed by atoms with Gasteiger partial charge in [0.1, 0.15) is 12.4 Å². The fraction of sp³-hybridized carbons (Fsp3) is 0.158. The van der Waals surface area contributed by atoms with E-state index in [1.165, 1.54) is 18.4 Å². The van der Waals surface area contributed by atoms with Crippen molar-refractivity contribution in [3.8, 4) is 5.75 Å². The summed E-state index contributed by atoms with van der Waals surface area (Å²) in [4.78, 5) is 24.2. The number of esters is 1. The Kier molecular flexibility index (Phi) is 5.30. The molecule has 1 amide bonds. The Morgan fingerprint density at radius 2 is 1.84 bits per heavy atom. The molecule has 0 fully saturated rings. The molecule has 0 aliphatic carbocycles. The Bertz CT molecular complexity index is 853. The number of carbonyl (C=O) groups is 2. The number of fused-ring (bicyclic) bond motifs is 1. The molecule has 0 unspecified atom stereocenters. The van der Waals surface area contributed by atoms with Crippen LogP contribution in [0.25, 0.3) is 10.1 Å². The Labute approximate surface area is 149 Å². The predicted molar refractivity (Wildman–Crippen MR) is 97.4 cm³/mol. The normalized spacial score (nSPS) is 10.4. The first-order valence-corrected chi connectivity index (χ1v) is 8.57. The van der Waals surface area contributed by atoms with Crippen LogP contribution in [0.4, 0.5) is 0 Å². The topological polar surface area (TPSA) is 64.6 Å². The van der Waals surface area contributed by atoms with Crippen molar-refractivity contribution in [3.63, 3.8) is 0 Å². The molecule has 128 valence electrons. The zero-order chi connectivity index (χ0) is 17.6. The lowest BCUT2D eigenvalue weighted by atomic mass is 10.2. The quantitative estimate of drug-likeness (QED) is 0.543. The molecule has 3 rings (SSSR count). The highest BCUT2D eigenvalue weighted by atomic mass is 32.1. The molecule has 3 aromatic rings. The van der Waals surface area contributed by atoms with Crippen molar-refractivity contribution in [1.82, 2.24) is 5.32 Å². The van der Waals surface area contributed by atoms with Crippen LogP contribution in [0.2, 0.25) is 0 Å². The molecule has 0 radical (unpaired) electrons. The molecule has 0 aliphatic rings. The summed E-state index contributed by atoms with van der Waals surface area (Å²) in [6.07, 6.45) is 0. The molecule has 6 heteroatoms. The van der Waals surface area contributed by atoms with E-state index >= 15 is 0 Å². The number of rotatable bonds is 6. The van der Waals surface area contributed by atoms with Crippen LogP contribution in [0.1, 0.15) is 20.0 Å². The van der Waals surface area contributed by atoms with E-state index in [1.54, 1.807) is 24.3 Å². The van der Waals surface area contributed by atoms with Crippen molar-refractivity contribution < 1.29 is 19.1 Å². The lowest BCUT2D eigenvalue weighted by molar-refractivity contribution is 0.0600. The van der Waals surface area contributed by atoms with Gasteiger partial charge < -0.3 is 14.8 Å². The lowest BCUT2D eigenvalue weighted by Gasteiger charge is -2.07. The van der Waals surface area contributed by atoms with Crippen molar-refractivity contribution in [2.45, 2.75) is 0 Å². The second-order valence-corrected chi connectivity index (χ2v) is 6.35. The van der Waals surface area contributed by atoms with Gasteiger partial charge in [0.25, 0.3) is 5.91 Å². The number of nitrogens with one attached hydrogen (secondary N) is 1. The number of ether oxygens (including phenoxy) is 2. The average Bonchev–Trinajstić information content (AvgIpc) is 3.09. The van der Waals surface area contributed by atoms with Gasteiger partial charge in [0.2, 0.25) is 0 Å². The fourth-order valence-electron chi connectivity index (χ4n) is 2.32. The van der Waals surface area contributed by atoms with Gasteiger partial charge in [-0.3, -0.25) is 4.79 Å². The molecule has 0 saturated heterocycles. The molecular formula is C19H17NO4S. The minimum absolute atomic E-state index is 0.106. The van der Waals surface area contributed by atoms with Crippen LogP contribution in [0.5, 0.6) is 5.75 Å². The van der Waals surface area contributed by atoms with Crippen molar-refractivity contribution in [1.29, 1.82) is 0 Å². The first kappa shape index (κ1) is 17.0. The highest BCUT2D eigenvalue weighted by molar-refractivity contribution is 7.20. The van der Waals surface area contributed by atoms with Gasteiger partial charge >= 0.3 is 5.97 Å². The molecule has 2 aromatic carbocycles. The molecule has 25 heavy (non-hydrogen) atoms. The van der Waals surface area contributed by atoms with Gasteiger partial charge in [-0.1, -0.05) is 18.2 Å². The van der Waals surface area contributed by atoms with Crippen molar-refractivity contribution in [3.05, 3.63) is 65.0 Å². The molecule has 0 spiro atoms. The second-order valence-electron chi connectivity index (χ2n) is 5.27. The van der Waals surface area contributed by atoms with Crippen LogP contribution < -0.4 is 10.1 Å². The maximum absolute atomic E-state index is 12.2. The summed E-state index contributed by atoms with van der Waals surface area (Å²) >= 11 is 1.47. The van der Waals surface area contributed by atoms with Crippen LogP contribution in [-0.4, -0.2) is 32.1 Å². The summed E-state index contributed by atoms with van der Waals surface area (Å²) in [5.74, 6) is 0.136. The summed E-state index contributed by atoms with van der Waals surface area (Å²) in [5, 5.41) is 3.91. The maximum Gasteiger partial charge on any atom is 0.337 e. The Hall–Kier alpha value is -2.86. The van der Waals surface area contributed by atoms with Crippen LogP contribution in [0, 0.1) is 0 Å². The summed E-state index contributed by atoms with van der Waals surface area (Å²) in [5.41, 5.74) is 0.466. The van der Waals surface area contributed by atoms with E-state index in [0.29, 0.717) is 29.3 Å². The number of methoxy groups -OCH3 is 1. The van der Waals surface area contributed by atoms with Gasteiger partial charge in [0, 0.05) is 4.70 Å². The molecule has 1 N–H and O–H groups in total. The van der Waals surface area contributed by atoms with Crippen LogP contribution in [0.15, 0.2) is 54.6 Å². The molecular weight excluding hydrogens is 338 g/mol. The van der Waals surface area contributed by atoms with Crippen LogP contribution in [0.3, 0.4) is 0 Å². The second kappa shape index (κ2) is 7.81. The maximum atomic E-state index is 12.2. The Morgan fingerprint density at radius 3 is 2.56 bits per heavy atom. The average molecular weight is 355 g/mol. The lowest BCUT2D eigenvalue weighted by Crippen LogP contribution is -2.27. The van der Waals surface area contributed by atoms with E-state index in [9.17, 15) is 9.59 Å². The third-order valence-corrected chi connectivity index (χ3v) is 4.70. The van der Waals surface area contributed by atoms with Crippen molar-refractivity contribution in [2.75, 3.05) is 20.3 Å². The van der Waals surface area contributed by atoms with Gasteiger partial charge in [-0.25, -0.2) is 4.79 Å². The minimum atomic E-state index is -0.387. The first-order valence-electron chi connectivity index (χ1n) is 7.75. The Balaban J connectivity index is 1.47. The van der Waals surface area contributed by atoms with Crippen LogP contribution >= 0.6 is 11.3 Å². The van der Waals surface area contributed by atoms with Crippen LogP contribution in [-0.2, 0) is 4.74 Å². The predicted octanol–water partition coefficient (Wildman–Crippen LogP) is 3.50. The third-order valence-electron chi connectivity index (χ3n) is 3.58. The van der Waals surface area contributed by atoms with Crippen molar-refractivity contribution in [2.24, 2.45) is 0 Å². The van der Waals surface area contributed by atoms with E-state index in [-0.39, 0.29) is 11.9 Å². The highest BCUT2D eigenvalue weighted by Crippen LogP contribution is 2.24. The molecule has 1 heterocycles. The van der Waals surface area contributed by atoms with E-state index in [2.05, 4.69) is 10.1 Å². The fourth-order valence-corrected chi connectivity index (χ4v) is 3.30. The Morgan fingerprint density at radius 1 is 1.08 bits per heavy atom. The third kappa shape index (κ3) is 4.16. The van der Waals surface area contributed by atoms with Gasteiger partial charge in [0.15, 0.2) is 0 Å². The van der Waals surface area contributed by atoms with E-state index in [1.807, 2.05) is 30.3 Å². The van der Waals surface area contributed by atoms with E-state index in [4.69, 9.17) is 4.74 Å². The number of carbonyl (C=O) groups excluding carboxylic acids is 2. The largest absolute Gasteiger partial charge is 0.492 e. The molecule has 0 saturated carbocycles. The summed E-state index contributed by atoms with van der Waals surface area (Å²) in [6, 6.07) is 16.5. The summed E-state index contributed by atoms with van der Waals surface area (Å²) < 4.78 is 11.3. The van der Waals surface area contributed by atoms with Gasteiger partial charge in [-0.05, 0) is 41.8 Å². The van der Waals surface area contributed by atoms with Gasteiger partial charge in [-0.15, -0.1) is 11.3 Å². The minimum Gasteiger partial charge on any atom is -0.492 e. The van der Waals surface area contributed by atoms with E-state index in [0.717, 1.165) is 10.1 Å². The molecule has 5 nitrogen and oxygen atoms in total. The highest BCUT2D eigenvalue weighted by Gasteiger charge is 2.09. The van der Waals surface area contributed by atoms with Gasteiger partial charge in [0.05, 0.1) is 24.1 Å².